The number of carbonyl (C=O) groups is 1. The minimum atomic E-state index is -3.55. The third-order valence-electron chi connectivity index (χ3n) is 2.47. The number of fused-ring (bicyclic) bond motifs is 1. The molecule has 0 aromatic heterocycles. The molecule has 5 N–H and O–H groups in total. The van der Waals surface area contributed by atoms with Gasteiger partial charge in [-0.15, -0.1) is 0 Å². The van der Waals surface area contributed by atoms with E-state index in [-0.39, 0.29) is 41.4 Å². The number of carbonyl (C=O) groups excluding carboxylic acids is 1. The van der Waals surface area contributed by atoms with Gasteiger partial charge in [-0.25, -0.2) is 13.1 Å². The summed E-state index contributed by atoms with van der Waals surface area (Å²) in [6, 6.07) is 6.09. The number of aliphatic hydroxyl groups is 4. The number of amides is 1. The second-order valence-electron chi connectivity index (χ2n) is 3.93. The molecule has 21 heavy (non-hydrogen) atoms. The molecule has 1 aromatic carbocycles. The molecule has 10 heteroatoms. The van der Waals surface area contributed by atoms with Crippen LogP contribution in [0.5, 0.6) is 0 Å². The maximum atomic E-state index is 11.1. The monoisotopic (exact) mass is 329 g/mol. The zero-order valence-electron chi connectivity index (χ0n) is 12.3. The van der Waals surface area contributed by atoms with Crippen molar-refractivity contribution >= 4 is 15.9 Å². The van der Waals surface area contributed by atoms with E-state index in [0.717, 1.165) is 0 Å². The van der Waals surface area contributed by atoms with Crippen molar-refractivity contribution in [2.75, 3.05) is 13.2 Å². The SMILES string of the molecule is O=C1NS(=O)(=O)c2ccccc21.OC[C@@H](O)[C@@H](O)CO.[H-].[Na+]. The van der Waals surface area contributed by atoms with Crippen molar-refractivity contribution in [2.24, 2.45) is 0 Å². The summed E-state index contributed by atoms with van der Waals surface area (Å²) in [5, 5.41) is 33.2. The van der Waals surface area contributed by atoms with Gasteiger partial charge in [0.15, 0.2) is 0 Å². The fourth-order valence-electron chi connectivity index (χ4n) is 1.36. The Morgan fingerprint density at radius 3 is 2.00 bits per heavy atom. The Bertz CT molecular complexity index is 576. The van der Waals surface area contributed by atoms with Crippen LogP contribution in [0.4, 0.5) is 0 Å². The Morgan fingerprint density at radius 2 is 1.57 bits per heavy atom. The summed E-state index contributed by atoms with van der Waals surface area (Å²) >= 11 is 0. The van der Waals surface area contributed by atoms with E-state index >= 15 is 0 Å². The number of hydrogen-bond acceptors (Lipinski definition) is 7. The van der Waals surface area contributed by atoms with Crippen molar-refractivity contribution < 1.29 is 64.6 Å². The predicted octanol–water partition coefficient (Wildman–Crippen LogP) is -5.07. The summed E-state index contributed by atoms with van der Waals surface area (Å²) in [5.74, 6) is -0.550. The van der Waals surface area contributed by atoms with E-state index in [1.807, 2.05) is 4.72 Å². The van der Waals surface area contributed by atoms with Gasteiger partial charge in [-0.05, 0) is 12.1 Å². The maximum Gasteiger partial charge on any atom is 1.00 e. The average molecular weight is 329 g/mol. The Kier molecular flexibility index (Phi) is 8.59. The molecule has 114 valence electrons. The van der Waals surface area contributed by atoms with Crippen molar-refractivity contribution in [3.8, 4) is 0 Å². The van der Waals surface area contributed by atoms with Gasteiger partial charge in [0.2, 0.25) is 0 Å². The molecule has 0 bridgehead atoms. The van der Waals surface area contributed by atoms with E-state index in [9.17, 15) is 13.2 Å². The Labute approximate surface area is 145 Å². The minimum Gasteiger partial charge on any atom is -1.00 e. The first-order valence-electron chi connectivity index (χ1n) is 5.57. The number of rotatable bonds is 3. The second-order valence-corrected chi connectivity index (χ2v) is 5.58. The van der Waals surface area contributed by atoms with Crippen LogP contribution in [0.2, 0.25) is 0 Å². The third-order valence-corrected chi connectivity index (χ3v) is 3.86. The predicted molar refractivity (Wildman–Crippen MR) is 68.4 cm³/mol. The van der Waals surface area contributed by atoms with Crippen molar-refractivity contribution in [2.45, 2.75) is 17.1 Å². The molecule has 0 fully saturated rings. The number of nitrogens with one attached hydrogen (secondary N) is 1. The quantitative estimate of drug-likeness (QED) is 0.349. The van der Waals surface area contributed by atoms with Crippen LogP contribution < -0.4 is 34.3 Å². The van der Waals surface area contributed by atoms with Crippen molar-refractivity contribution in [1.82, 2.24) is 4.72 Å². The summed E-state index contributed by atoms with van der Waals surface area (Å²) in [5.41, 5.74) is 0.220. The van der Waals surface area contributed by atoms with Crippen LogP contribution in [0, 0.1) is 0 Å². The molecule has 2 atom stereocenters. The molecule has 1 heterocycles. The number of hydrogen-bond donors (Lipinski definition) is 5. The molecule has 0 spiro atoms. The summed E-state index contributed by atoms with van der Waals surface area (Å²) in [7, 11) is -3.55. The van der Waals surface area contributed by atoms with Crippen LogP contribution in [0.3, 0.4) is 0 Å². The first kappa shape index (κ1) is 20.5. The zero-order chi connectivity index (χ0) is 15.3. The van der Waals surface area contributed by atoms with Gasteiger partial charge in [0.25, 0.3) is 15.9 Å². The largest absolute Gasteiger partial charge is 1.00 e. The average Bonchev–Trinajstić information content (AvgIpc) is 2.68. The second kappa shape index (κ2) is 8.81. The van der Waals surface area contributed by atoms with Gasteiger partial charge in [0, 0.05) is 0 Å². The van der Waals surface area contributed by atoms with Crippen LogP contribution in [0.1, 0.15) is 11.8 Å². The Morgan fingerprint density at radius 1 is 1.10 bits per heavy atom. The first-order valence-corrected chi connectivity index (χ1v) is 7.05. The zero-order valence-corrected chi connectivity index (χ0v) is 14.1. The number of benzene rings is 1. The van der Waals surface area contributed by atoms with E-state index in [1.165, 1.54) is 12.1 Å². The minimum absolute atomic E-state index is 0. The molecule has 8 nitrogen and oxygen atoms in total. The smallest absolute Gasteiger partial charge is 1.00 e. The van der Waals surface area contributed by atoms with Crippen molar-refractivity contribution in [3.63, 3.8) is 0 Å². The number of aliphatic hydroxyl groups excluding tert-OH is 4. The molecule has 0 saturated heterocycles. The van der Waals surface area contributed by atoms with Crippen LogP contribution in [0.25, 0.3) is 0 Å². The summed E-state index contributed by atoms with van der Waals surface area (Å²) in [6.07, 6.45) is -2.44. The van der Waals surface area contributed by atoms with Gasteiger partial charge in [-0.3, -0.25) is 4.79 Å². The van der Waals surface area contributed by atoms with E-state index in [1.54, 1.807) is 12.1 Å². The molecule has 1 amide bonds. The Hall–Kier alpha value is -0.520. The molecule has 0 radical (unpaired) electrons. The molecule has 1 aromatic rings. The fraction of sp³-hybridized carbons (Fsp3) is 0.364. The molecule has 1 aliphatic heterocycles. The molecular formula is C11H16NNaO7S. The van der Waals surface area contributed by atoms with E-state index in [0.29, 0.717) is 0 Å². The van der Waals surface area contributed by atoms with E-state index in [2.05, 4.69) is 0 Å². The van der Waals surface area contributed by atoms with Crippen molar-refractivity contribution in [3.05, 3.63) is 29.8 Å². The van der Waals surface area contributed by atoms with Crippen molar-refractivity contribution in [1.29, 1.82) is 0 Å². The van der Waals surface area contributed by atoms with E-state index < -0.39 is 41.4 Å². The summed E-state index contributed by atoms with van der Waals surface area (Å²) < 4.78 is 24.2. The Balaban J connectivity index is 0. The van der Waals surface area contributed by atoms with E-state index in [4.69, 9.17) is 20.4 Å². The van der Waals surface area contributed by atoms with Crippen LogP contribution >= 0.6 is 0 Å². The topological polar surface area (TPSA) is 144 Å². The van der Waals surface area contributed by atoms with Gasteiger partial charge >= 0.3 is 29.6 Å². The molecule has 0 saturated carbocycles. The fourth-order valence-corrected chi connectivity index (χ4v) is 2.54. The first-order chi connectivity index (χ1) is 9.33. The van der Waals surface area contributed by atoms with Crippen LogP contribution in [0.15, 0.2) is 29.2 Å². The maximum absolute atomic E-state index is 11.1. The molecule has 0 aliphatic carbocycles. The molecule has 1 aliphatic rings. The van der Waals surface area contributed by atoms with Crippen LogP contribution in [-0.4, -0.2) is 60.2 Å². The molecule has 0 unspecified atom stereocenters. The normalized spacial score (nSPS) is 17.4. The molecular weight excluding hydrogens is 313 g/mol. The summed E-state index contributed by atoms with van der Waals surface area (Å²) in [4.78, 5) is 11.1. The molecule has 2 rings (SSSR count). The van der Waals surface area contributed by atoms with Gasteiger partial charge in [-0.1, -0.05) is 12.1 Å². The van der Waals surface area contributed by atoms with Gasteiger partial charge in [-0.2, -0.15) is 0 Å². The number of sulfonamides is 1. The standard InChI is InChI=1S/C7H5NO3S.C4H10O4.Na.H/c9-7-5-3-1-2-4-6(5)12(10,11)8-7;5-1-3(7)4(8)2-6;;/h1-4H,(H,8,9);3-8H,1-2H2;;/q;;+1;-1/t;3-,4+;;. The summed E-state index contributed by atoms with van der Waals surface area (Å²) in [6.45, 7) is -1.05. The van der Waals surface area contributed by atoms with Gasteiger partial charge < -0.3 is 21.9 Å². The van der Waals surface area contributed by atoms with Gasteiger partial charge in [0.1, 0.15) is 17.1 Å². The third kappa shape index (κ3) is 5.31. The van der Waals surface area contributed by atoms with Gasteiger partial charge in [0.05, 0.1) is 18.8 Å². The van der Waals surface area contributed by atoms with Crippen LogP contribution in [-0.2, 0) is 10.0 Å².